The quantitative estimate of drug-likeness (QED) is 0.474. The molecule has 1 N–H and O–H groups in total. The molecule has 1 aliphatic rings. The molecule has 1 saturated carbocycles. The highest BCUT2D eigenvalue weighted by Crippen LogP contribution is 2.42. The van der Waals surface area contributed by atoms with E-state index in [1.165, 1.54) is 32.2 Å². The van der Waals surface area contributed by atoms with Gasteiger partial charge < -0.3 is 5.32 Å². The summed E-state index contributed by atoms with van der Waals surface area (Å²) in [6.07, 6.45) is 8.73. The van der Waals surface area contributed by atoms with Gasteiger partial charge in [0.2, 0.25) is 0 Å². The number of rotatable bonds is 6. The largest absolute Gasteiger partial charge is 0.316 e. The van der Waals surface area contributed by atoms with Crippen LogP contribution < -0.4 is 5.32 Å². The summed E-state index contributed by atoms with van der Waals surface area (Å²) >= 11 is 0. The molecule has 0 aromatic heterocycles. The molecule has 1 heteroatoms. The predicted octanol–water partition coefficient (Wildman–Crippen LogP) is 2.73. The van der Waals surface area contributed by atoms with Crippen LogP contribution >= 0.6 is 0 Å². The fraction of sp³-hybridized carbons (Fsp3) is 0.818. The molecule has 0 amide bonds. The molecule has 1 nitrogen and oxygen atoms in total. The van der Waals surface area contributed by atoms with Crippen molar-refractivity contribution in [3.8, 4) is 0 Å². The van der Waals surface area contributed by atoms with Gasteiger partial charge in [0.25, 0.3) is 0 Å². The first kappa shape index (κ1) is 9.79. The molecular weight excluding hydrogens is 146 g/mol. The smallest absolute Gasteiger partial charge is 0.000783 e. The summed E-state index contributed by atoms with van der Waals surface area (Å²) in [7, 11) is 0. The molecule has 1 rings (SSSR count). The molecule has 0 aromatic carbocycles. The Kier molecular flexibility index (Phi) is 3.80. The van der Waals surface area contributed by atoms with Gasteiger partial charge in [0.05, 0.1) is 0 Å². The summed E-state index contributed by atoms with van der Waals surface area (Å²) in [5, 5.41) is 3.51. The Morgan fingerprint density at radius 3 is 2.67 bits per heavy atom. The molecule has 0 heterocycles. The molecule has 0 saturated heterocycles. The van der Waals surface area contributed by atoms with Crippen LogP contribution in [0.1, 0.15) is 39.0 Å². The zero-order valence-corrected chi connectivity index (χ0v) is 8.23. The van der Waals surface area contributed by atoms with Gasteiger partial charge in [0.1, 0.15) is 0 Å². The van der Waals surface area contributed by atoms with E-state index in [1.54, 1.807) is 0 Å². The van der Waals surface area contributed by atoms with Crippen molar-refractivity contribution < 1.29 is 0 Å². The maximum absolute atomic E-state index is 3.71. The molecule has 0 radical (unpaired) electrons. The minimum absolute atomic E-state index is 0.668. The van der Waals surface area contributed by atoms with Crippen molar-refractivity contribution in [3.05, 3.63) is 12.7 Å². The van der Waals surface area contributed by atoms with Gasteiger partial charge in [0.15, 0.2) is 0 Å². The first-order valence-electron chi connectivity index (χ1n) is 5.14. The van der Waals surface area contributed by atoms with E-state index in [-0.39, 0.29) is 0 Å². The van der Waals surface area contributed by atoms with Crippen LogP contribution in [0.4, 0.5) is 0 Å². The molecular formula is C11H21N. The minimum Gasteiger partial charge on any atom is -0.316 e. The van der Waals surface area contributed by atoms with Crippen LogP contribution in [-0.4, -0.2) is 13.1 Å². The molecule has 0 bridgehead atoms. The molecule has 0 aliphatic heterocycles. The van der Waals surface area contributed by atoms with Gasteiger partial charge in [-0.1, -0.05) is 19.4 Å². The lowest BCUT2D eigenvalue weighted by Gasteiger charge is -2.41. The van der Waals surface area contributed by atoms with Gasteiger partial charge in [-0.15, -0.1) is 6.58 Å². The van der Waals surface area contributed by atoms with Gasteiger partial charge in [0, 0.05) is 6.54 Å². The molecule has 0 atom stereocenters. The molecule has 1 fully saturated rings. The second kappa shape index (κ2) is 4.66. The Bertz CT molecular complexity index is 130. The van der Waals surface area contributed by atoms with Crippen molar-refractivity contribution in [2.75, 3.05) is 13.1 Å². The van der Waals surface area contributed by atoms with Crippen LogP contribution in [0.25, 0.3) is 0 Å². The van der Waals surface area contributed by atoms with E-state index in [2.05, 4.69) is 18.8 Å². The second-order valence-electron chi connectivity index (χ2n) is 3.96. The molecule has 0 spiro atoms. The van der Waals surface area contributed by atoms with Crippen molar-refractivity contribution in [1.29, 1.82) is 0 Å². The highest BCUT2D eigenvalue weighted by atomic mass is 14.9. The first-order valence-corrected chi connectivity index (χ1v) is 5.14. The summed E-state index contributed by atoms with van der Waals surface area (Å²) in [6, 6.07) is 0. The third kappa shape index (κ3) is 2.34. The third-order valence-electron chi connectivity index (χ3n) is 3.19. The Labute approximate surface area is 76.2 Å². The van der Waals surface area contributed by atoms with Crippen LogP contribution in [0, 0.1) is 5.41 Å². The summed E-state index contributed by atoms with van der Waals surface area (Å²) in [5.74, 6) is 0. The lowest BCUT2D eigenvalue weighted by Crippen LogP contribution is -2.39. The van der Waals surface area contributed by atoms with E-state index in [9.17, 15) is 0 Å². The molecule has 0 aromatic rings. The average molecular weight is 167 g/mol. The number of nitrogens with one attached hydrogen (secondary N) is 1. The first-order chi connectivity index (χ1) is 5.83. The lowest BCUT2D eigenvalue weighted by molar-refractivity contribution is 0.125. The van der Waals surface area contributed by atoms with Crippen LogP contribution in [0.15, 0.2) is 12.7 Å². The fourth-order valence-corrected chi connectivity index (χ4v) is 1.89. The van der Waals surface area contributed by atoms with E-state index < -0.39 is 0 Å². The second-order valence-corrected chi connectivity index (χ2v) is 3.96. The highest BCUT2D eigenvalue weighted by Gasteiger charge is 2.34. The van der Waals surface area contributed by atoms with Crippen molar-refractivity contribution in [2.45, 2.75) is 39.0 Å². The Balaban J connectivity index is 2.07. The van der Waals surface area contributed by atoms with Crippen molar-refractivity contribution in [1.82, 2.24) is 5.32 Å². The summed E-state index contributed by atoms with van der Waals surface area (Å²) in [4.78, 5) is 0. The van der Waals surface area contributed by atoms with Gasteiger partial charge in [-0.25, -0.2) is 0 Å². The topological polar surface area (TPSA) is 12.0 Å². The van der Waals surface area contributed by atoms with E-state index in [4.69, 9.17) is 0 Å². The monoisotopic (exact) mass is 167 g/mol. The number of hydrogen-bond donors (Lipinski definition) is 1. The van der Waals surface area contributed by atoms with Crippen LogP contribution in [0.2, 0.25) is 0 Å². The maximum Gasteiger partial charge on any atom is 0.000783 e. The van der Waals surface area contributed by atoms with Gasteiger partial charge in [-0.3, -0.25) is 0 Å². The van der Waals surface area contributed by atoms with Crippen LogP contribution in [0.5, 0.6) is 0 Å². The van der Waals surface area contributed by atoms with Crippen LogP contribution in [0.3, 0.4) is 0 Å². The van der Waals surface area contributed by atoms with E-state index in [0.717, 1.165) is 13.0 Å². The normalized spacial score (nSPS) is 20.1. The molecule has 1 aliphatic carbocycles. The van der Waals surface area contributed by atoms with Gasteiger partial charge in [-0.05, 0) is 37.6 Å². The zero-order chi connectivity index (χ0) is 8.86. The fourth-order valence-electron chi connectivity index (χ4n) is 1.89. The van der Waals surface area contributed by atoms with Crippen molar-refractivity contribution >= 4 is 0 Å². The summed E-state index contributed by atoms with van der Waals surface area (Å²) < 4.78 is 0. The molecule has 70 valence electrons. The molecule has 0 unspecified atom stereocenters. The van der Waals surface area contributed by atoms with Gasteiger partial charge in [-0.2, -0.15) is 0 Å². The van der Waals surface area contributed by atoms with E-state index >= 15 is 0 Å². The Morgan fingerprint density at radius 1 is 1.50 bits per heavy atom. The highest BCUT2D eigenvalue weighted by molar-refractivity contribution is 4.88. The lowest BCUT2D eigenvalue weighted by atomic mass is 9.67. The molecule has 12 heavy (non-hydrogen) atoms. The average Bonchev–Trinajstić information content (AvgIpc) is 2.02. The van der Waals surface area contributed by atoms with Crippen molar-refractivity contribution in [2.24, 2.45) is 5.41 Å². The maximum atomic E-state index is 3.71. The predicted molar refractivity (Wildman–Crippen MR) is 54.3 cm³/mol. The Morgan fingerprint density at radius 2 is 2.25 bits per heavy atom. The standard InChI is InChI=1S/C11H21N/c1-3-5-9-12-10-11(4-2)7-6-8-11/h3,12H,1,4-10H2,2H3. The SMILES string of the molecule is C=CCCNCC1(CC)CCC1. The minimum atomic E-state index is 0.668. The van der Waals surface area contributed by atoms with Crippen molar-refractivity contribution in [3.63, 3.8) is 0 Å². The zero-order valence-electron chi connectivity index (χ0n) is 8.23. The van der Waals surface area contributed by atoms with E-state index in [1.807, 2.05) is 6.08 Å². The van der Waals surface area contributed by atoms with Crippen LogP contribution in [-0.2, 0) is 0 Å². The van der Waals surface area contributed by atoms with Gasteiger partial charge >= 0.3 is 0 Å². The summed E-state index contributed by atoms with van der Waals surface area (Å²) in [5.41, 5.74) is 0.668. The Hall–Kier alpha value is -0.300. The number of hydrogen-bond acceptors (Lipinski definition) is 1. The third-order valence-corrected chi connectivity index (χ3v) is 3.19. The van der Waals surface area contributed by atoms with E-state index in [0.29, 0.717) is 5.41 Å². The summed E-state index contributed by atoms with van der Waals surface area (Å²) in [6.45, 7) is 8.34.